The predicted octanol–water partition coefficient (Wildman–Crippen LogP) is 6.98. The Hall–Kier alpha value is -2.78. The van der Waals surface area contributed by atoms with Gasteiger partial charge in [0.2, 0.25) is 5.58 Å². The molecule has 0 atom stereocenters. The van der Waals surface area contributed by atoms with Gasteiger partial charge >= 0.3 is 5.89 Å². The van der Waals surface area contributed by atoms with E-state index in [4.69, 9.17) is 20.6 Å². The van der Waals surface area contributed by atoms with Crippen LogP contribution in [-0.2, 0) is 17.2 Å². The Morgan fingerprint density at radius 3 is 2.76 bits per heavy atom. The number of unbranched alkanes of at least 4 members (excludes halogenated alkanes) is 1. The van der Waals surface area contributed by atoms with Gasteiger partial charge in [-0.3, -0.25) is 4.55 Å². The summed E-state index contributed by atoms with van der Waals surface area (Å²) in [6.45, 7) is 2.73. The number of rotatable bonds is 8. The highest BCUT2D eigenvalue weighted by atomic mass is 35.5. The maximum atomic E-state index is 11.1. The number of thioether (sulfide) groups is 1. The number of allylic oxidation sites excluding steroid dienone is 2. The Morgan fingerprint density at radius 2 is 1.97 bits per heavy atom. The van der Waals surface area contributed by atoms with Gasteiger partial charge in [0.25, 0.3) is 15.6 Å². The quantitative estimate of drug-likeness (QED) is 0.144. The third-order valence-corrected chi connectivity index (χ3v) is 8.65. The average Bonchev–Trinajstić information content (AvgIpc) is 3.37. The number of benzene rings is 3. The molecule has 6 nitrogen and oxygen atoms in total. The number of hydrogen-bond acceptors (Lipinski definition) is 5. The lowest BCUT2D eigenvalue weighted by Crippen LogP contribution is -2.29. The summed E-state index contributed by atoms with van der Waals surface area (Å²) in [5, 5.41) is 4.01. The first-order valence-electron chi connectivity index (χ1n) is 12.2. The minimum Gasteiger partial charge on any atom is -0.398 e. The number of hydrogen-bond donors (Lipinski definition) is 1. The van der Waals surface area contributed by atoms with Crippen LogP contribution in [0, 0.1) is 0 Å². The molecule has 0 aliphatic carbocycles. The minimum absolute atomic E-state index is 0.243. The molecule has 192 valence electrons. The number of anilines is 1. The van der Waals surface area contributed by atoms with Crippen LogP contribution in [0.25, 0.3) is 27.9 Å². The molecular weight excluding hydrogens is 528 g/mol. The maximum Gasteiger partial charge on any atom is 0.374 e. The fourth-order valence-electron chi connectivity index (χ4n) is 4.61. The van der Waals surface area contributed by atoms with Gasteiger partial charge in [-0.15, -0.1) is 0 Å². The zero-order valence-electron chi connectivity index (χ0n) is 20.6. The van der Waals surface area contributed by atoms with Crippen molar-refractivity contribution in [1.82, 2.24) is 0 Å². The van der Waals surface area contributed by atoms with Gasteiger partial charge in [0.15, 0.2) is 0 Å². The molecule has 37 heavy (non-hydrogen) atoms. The van der Waals surface area contributed by atoms with Crippen LogP contribution in [0.2, 0.25) is 5.02 Å². The lowest BCUT2D eigenvalue weighted by molar-refractivity contribution is -0.651. The van der Waals surface area contributed by atoms with Crippen molar-refractivity contribution >= 4 is 67.1 Å². The van der Waals surface area contributed by atoms with Crippen molar-refractivity contribution < 1.29 is 22.0 Å². The summed E-state index contributed by atoms with van der Waals surface area (Å²) in [7, 11) is -1.95. The van der Waals surface area contributed by atoms with Gasteiger partial charge in [-0.05, 0) is 66.6 Å². The SMILES string of the molecule is CCC(=Cc1oc2ccc3ccccc3c2[n+]1C)C=C1Sc2ccc(Cl)cc2N1CCCCS(=O)(=O)O. The van der Waals surface area contributed by atoms with Crippen LogP contribution in [0.15, 0.2) is 80.6 Å². The number of aryl methyl sites for hydroxylation is 1. The summed E-state index contributed by atoms with van der Waals surface area (Å²) in [6.07, 6.45) is 6.03. The van der Waals surface area contributed by atoms with E-state index in [9.17, 15) is 8.42 Å². The Labute approximate surface area is 226 Å². The Balaban J connectivity index is 1.49. The van der Waals surface area contributed by atoms with Crippen LogP contribution in [-0.4, -0.2) is 25.3 Å². The normalized spacial score (nSPS) is 15.3. The van der Waals surface area contributed by atoms with Crippen LogP contribution in [0.4, 0.5) is 5.69 Å². The van der Waals surface area contributed by atoms with Crippen LogP contribution >= 0.6 is 23.4 Å². The van der Waals surface area contributed by atoms with Gasteiger partial charge < -0.3 is 9.32 Å². The molecule has 1 aliphatic rings. The molecule has 0 spiro atoms. The number of aromatic nitrogens is 1. The van der Waals surface area contributed by atoms with Crippen molar-refractivity contribution in [2.75, 3.05) is 17.2 Å². The molecule has 1 N–H and O–H groups in total. The van der Waals surface area contributed by atoms with E-state index < -0.39 is 10.1 Å². The molecule has 0 unspecified atom stereocenters. The molecule has 0 saturated carbocycles. The molecule has 0 amide bonds. The summed E-state index contributed by atoms with van der Waals surface area (Å²) < 4.78 is 39.7. The molecule has 0 bridgehead atoms. The molecule has 0 fully saturated rings. The largest absolute Gasteiger partial charge is 0.398 e. The number of nitrogens with zero attached hydrogens (tertiary/aromatic N) is 2. The first kappa shape index (κ1) is 25.9. The topological polar surface area (TPSA) is 74.6 Å². The summed E-state index contributed by atoms with van der Waals surface area (Å²) in [5.41, 5.74) is 4.01. The highest BCUT2D eigenvalue weighted by Gasteiger charge is 2.26. The predicted molar refractivity (Wildman–Crippen MR) is 152 cm³/mol. The third kappa shape index (κ3) is 5.57. The Morgan fingerprint density at radius 1 is 1.16 bits per heavy atom. The first-order valence-corrected chi connectivity index (χ1v) is 15.0. The van der Waals surface area contributed by atoms with E-state index in [0.29, 0.717) is 24.4 Å². The van der Waals surface area contributed by atoms with Gasteiger partial charge in [0.05, 0.1) is 27.9 Å². The molecule has 4 aromatic rings. The molecule has 5 rings (SSSR count). The molecule has 1 aromatic heterocycles. The summed E-state index contributed by atoms with van der Waals surface area (Å²) in [5.74, 6) is 0.524. The number of halogens is 1. The molecule has 3 aromatic carbocycles. The fraction of sp³-hybridized carbons (Fsp3) is 0.250. The second-order valence-electron chi connectivity index (χ2n) is 9.05. The van der Waals surface area contributed by atoms with Gasteiger partial charge in [0, 0.05) is 16.5 Å². The molecule has 2 heterocycles. The monoisotopic (exact) mass is 555 g/mol. The molecular formula is C28H28ClN2O4S2+. The van der Waals surface area contributed by atoms with E-state index in [0.717, 1.165) is 50.0 Å². The molecule has 1 aliphatic heterocycles. The number of oxazole rings is 1. The highest BCUT2D eigenvalue weighted by Crippen LogP contribution is 2.47. The zero-order chi connectivity index (χ0) is 26.2. The zero-order valence-corrected chi connectivity index (χ0v) is 23.0. The summed E-state index contributed by atoms with van der Waals surface area (Å²) in [6, 6.07) is 18.2. The molecule has 0 saturated heterocycles. The van der Waals surface area contributed by atoms with E-state index in [1.807, 2.05) is 43.4 Å². The van der Waals surface area contributed by atoms with Crippen molar-refractivity contribution in [2.24, 2.45) is 7.05 Å². The van der Waals surface area contributed by atoms with Crippen LogP contribution < -0.4 is 9.47 Å². The maximum absolute atomic E-state index is 11.1. The van der Waals surface area contributed by atoms with Gasteiger partial charge in [-0.25, -0.2) is 0 Å². The Bertz CT molecular complexity index is 1660. The summed E-state index contributed by atoms with van der Waals surface area (Å²) in [4.78, 5) is 3.27. The van der Waals surface area contributed by atoms with Crippen LogP contribution in [0.1, 0.15) is 32.1 Å². The second-order valence-corrected chi connectivity index (χ2v) is 12.1. The van der Waals surface area contributed by atoms with Crippen molar-refractivity contribution in [3.8, 4) is 0 Å². The van der Waals surface area contributed by atoms with E-state index in [-0.39, 0.29) is 5.75 Å². The standard InChI is InChI=1S/C28H27ClN2O4S2/c1-3-19(16-26-30(2)28-22-9-5-4-8-20(22)10-12-24(28)35-26)17-27-31(14-6-7-15-37(32,33)34)23-18-21(29)11-13-25(23)36-27/h4-5,8-13,16-18H,3,6-7,14-15H2,1-2H3/p+1. The van der Waals surface area contributed by atoms with E-state index >= 15 is 0 Å². The minimum atomic E-state index is -3.97. The first-order chi connectivity index (χ1) is 17.7. The van der Waals surface area contributed by atoms with Crippen molar-refractivity contribution in [1.29, 1.82) is 0 Å². The van der Waals surface area contributed by atoms with Gasteiger partial charge in [0.1, 0.15) is 7.05 Å². The van der Waals surface area contributed by atoms with Gasteiger partial charge in [-0.2, -0.15) is 13.0 Å². The highest BCUT2D eigenvalue weighted by molar-refractivity contribution is 8.03. The van der Waals surface area contributed by atoms with E-state index in [1.165, 1.54) is 5.39 Å². The van der Waals surface area contributed by atoms with Crippen LogP contribution in [0.3, 0.4) is 0 Å². The average molecular weight is 556 g/mol. The molecule has 9 heteroatoms. The second kappa shape index (κ2) is 10.5. The molecule has 0 radical (unpaired) electrons. The van der Waals surface area contributed by atoms with Crippen molar-refractivity contribution in [2.45, 2.75) is 31.1 Å². The van der Waals surface area contributed by atoms with Gasteiger partial charge in [-0.1, -0.05) is 54.6 Å². The van der Waals surface area contributed by atoms with E-state index in [1.54, 1.807) is 11.8 Å². The smallest absolute Gasteiger partial charge is 0.374 e. The number of fused-ring (bicyclic) bond motifs is 4. The van der Waals surface area contributed by atoms with Crippen LogP contribution in [0.5, 0.6) is 0 Å². The van der Waals surface area contributed by atoms with Crippen molar-refractivity contribution in [3.63, 3.8) is 0 Å². The van der Waals surface area contributed by atoms with E-state index in [2.05, 4.69) is 46.7 Å². The summed E-state index contributed by atoms with van der Waals surface area (Å²) >= 11 is 7.97. The third-order valence-electron chi connectivity index (χ3n) is 6.50. The lowest BCUT2D eigenvalue weighted by atomic mass is 10.1. The fourth-order valence-corrected chi connectivity index (χ4v) is 6.49. The Kier molecular flexibility index (Phi) is 7.36. The lowest BCUT2D eigenvalue weighted by Gasteiger charge is -2.21. The van der Waals surface area contributed by atoms with Crippen molar-refractivity contribution in [3.05, 3.63) is 82.2 Å².